The maximum absolute atomic E-state index is 6.11. The predicted octanol–water partition coefficient (Wildman–Crippen LogP) is 2.29. The van der Waals surface area contributed by atoms with Crippen molar-refractivity contribution in [3.8, 4) is 0 Å². The summed E-state index contributed by atoms with van der Waals surface area (Å²) in [4.78, 5) is 0. The van der Waals surface area contributed by atoms with Gasteiger partial charge in [-0.1, -0.05) is 30.3 Å². The summed E-state index contributed by atoms with van der Waals surface area (Å²) in [5, 5.41) is 11.3. The van der Waals surface area contributed by atoms with Crippen molar-refractivity contribution < 1.29 is 0 Å². The minimum Gasteiger partial charge on any atom is -0.369 e. The molecule has 2 aromatic rings. The van der Waals surface area contributed by atoms with Crippen molar-refractivity contribution in [2.75, 3.05) is 11.9 Å². The van der Waals surface area contributed by atoms with Gasteiger partial charge in [-0.25, -0.2) is 0 Å². The fraction of sp³-hybridized carbons (Fsp3) is 0.286. The molecule has 1 heterocycles. The Morgan fingerprint density at radius 1 is 1.11 bits per heavy atom. The van der Waals surface area contributed by atoms with Crippen LogP contribution in [-0.4, -0.2) is 16.7 Å². The van der Waals surface area contributed by atoms with Crippen molar-refractivity contribution in [3.05, 3.63) is 53.7 Å². The van der Waals surface area contributed by atoms with Gasteiger partial charge in [0.2, 0.25) is 0 Å². The molecule has 0 saturated carbocycles. The number of benzene rings is 1. The lowest BCUT2D eigenvalue weighted by molar-refractivity contribution is 0.673. The van der Waals surface area contributed by atoms with Crippen LogP contribution in [-0.2, 0) is 0 Å². The molecule has 0 bridgehead atoms. The van der Waals surface area contributed by atoms with Crippen molar-refractivity contribution in [1.82, 2.24) is 10.2 Å². The Balaban J connectivity index is 1.80. The van der Waals surface area contributed by atoms with E-state index in [9.17, 15) is 0 Å². The van der Waals surface area contributed by atoms with Crippen molar-refractivity contribution in [3.63, 3.8) is 0 Å². The second-order valence-electron chi connectivity index (χ2n) is 4.29. The maximum atomic E-state index is 6.11. The van der Waals surface area contributed by atoms with Gasteiger partial charge in [-0.05, 0) is 31.0 Å². The zero-order valence-electron chi connectivity index (χ0n) is 10.5. The van der Waals surface area contributed by atoms with Crippen LogP contribution in [0.1, 0.15) is 23.7 Å². The highest BCUT2D eigenvalue weighted by Crippen LogP contribution is 2.13. The molecule has 18 heavy (non-hydrogen) atoms. The second kappa shape index (κ2) is 6.12. The summed E-state index contributed by atoms with van der Waals surface area (Å²) in [5.41, 5.74) is 8.19. The molecule has 0 aliphatic carbocycles. The summed E-state index contributed by atoms with van der Waals surface area (Å²) in [6.07, 6.45) is 0.861. The highest BCUT2D eigenvalue weighted by molar-refractivity contribution is 5.32. The van der Waals surface area contributed by atoms with E-state index in [4.69, 9.17) is 5.73 Å². The van der Waals surface area contributed by atoms with Gasteiger partial charge < -0.3 is 11.1 Å². The standard InChI is InChI=1S/C14H18N4/c1-11-7-8-14(18-17-11)16-10-9-13(15)12-5-3-2-4-6-12/h2-8,13H,9-10,15H2,1H3,(H,16,18). The first-order valence-corrected chi connectivity index (χ1v) is 6.10. The number of hydrogen-bond donors (Lipinski definition) is 2. The van der Waals surface area contributed by atoms with Gasteiger partial charge in [0.1, 0.15) is 5.82 Å². The predicted molar refractivity (Wildman–Crippen MR) is 73.2 cm³/mol. The summed E-state index contributed by atoms with van der Waals surface area (Å²) in [6.45, 7) is 2.70. The van der Waals surface area contributed by atoms with Crippen LogP contribution in [0.25, 0.3) is 0 Å². The van der Waals surface area contributed by atoms with Crippen molar-refractivity contribution in [2.24, 2.45) is 5.73 Å². The van der Waals surface area contributed by atoms with E-state index < -0.39 is 0 Å². The van der Waals surface area contributed by atoms with Gasteiger partial charge in [0.25, 0.3) is 0 Å². The van der Waals surface area contributed by atoms with Gasteiger partial charge in [0, 0.05) is 12.6 Å². The summed E-state index contributed by atoms with van der Waals surface area (Å²) in [6, 6.07) is 14.0. The third kappa shape index (κ3) is 3.53. The van der Waals surface area contributed by atoms with Crippen LogP contribution in [0.3, 0.4) is 0 Å². The number of hydrogen-bond acceptors (Lipinski definition) is 4. The summed E-state index contributed by atoms with van der Waals surface area (Å²) in [7, 11) is 0. The van der Waals surface area contributed by atoms with E-state index >= 15 is 0 Å². The summed E-state index contributed by atoms with van der Waals surface area (Å²) >= 11 is 0. The number of nitrogens with two attached hydrogens (primary N) is 1. The molecule has 0 fully saturated rings. The molecule has 1 aromatic heterocycles. The molecule has 0 aliphatic rings. The fourth-order valence-electron chi connectivity index (χ4n) is 1.72. The minimum atomic E-state index is 0.0529. The molecule has 4 heteroatoms. The smallest absolute Gasteiger partial charge is 0.148 e. The first-order chi connectivity index (χ1) is 8.75. The number of rotatable bonds is 5. The van der Waals surface area contributed by atoms with Crippen LogP contribution < -0.4 is 11.1 Å². The Bertz CT molecular complexity index is 467. The fourth-order valence-corrected chi connectivity index (χ4v) is 1.72. The molecule has 1 unspecified atom stereocenters. The molecule has 94 valence electrons. The topological polar surface area (TPSA) is 63.8 Å². The summed E-state index contributed by atoms with van der Waals surface area (Å²) < 4.78 is 0. The largest absolute Gasteiger partial charge is 0.369 e. The van der Waals surface area contributed by atoms with Gasteiger partial charge in [-0.15, -0.1) is 5.10 Å². The van der Waals surface area contributed by atoms with Crippen LogP contribution in [0.5, 0.6) is 0 Å². The monoisotopic (exact) mass is 242 g/mol. The molecule has 1 atom stereocenters. The molecule has 4 nitrogen and oxygen atoms in total. The van der Waals surface area contributed by atoms with Gasteiger partial charge in [-0.2, -0.15) is 5.10 Å². The first kappa shape index (κ1) is 12.5. The van der Waals surface area contributed by atoms with Gasteiger partial charge >= 0.3 is 0 Å². The van der Waals surface area contributed by atoms with Crippen molar-refractivity contribution >= 4 is 5.82 Å². The number of aromatic nitrogens is 2. The summed E-state index contributed by atoms with van der Waals surface area (Å²) in [5.74, 6) is 0.792. The van der Waals surface area contributed by atoms with E-state index in [0.29, 0.717) is 0 Å². The van der Waals surface area contributed by atoms with Gasteiger partial charge in [0.15, 0.2) is 0 Å². The zero-order chi connectivity index (χ0) is 12.8. The molecule has 0 radical (unpaired) electrons. The van der Waals surface area contributed by atoms with E-state index in [-0.39, 0.29) is 6.04 Å². The lowest BCUT2D eigenvalue weighted by Gasteiger charge is -2.12. The molecule has 1 aromatic carbocycles. The van der Waals surface area contributed by atoms with Crippen LogP contribution in [0.15, 0.2) is 42.5 Å². The third-order valence-electron chi connectivity index (χ3n) is 2.79. The highest BCUT2D eigenvalue weighted by Gasteiger charge is 2.04. The molecule has 2 rings (SSSR count). The molecular formula is C14H18N4. The average Bonchev–Trinajstić information content (AvgIpc) is 2.42. The number of nitrogens with zero attached hydrogens (tertiary/aromatic N) is 2. The number of anilines is 1. The Labute approximate surface area is 107 Å². The Morgan fingerprint density at radius 2 is 1.89 bits per heavy atom. The molecule has 0 saturated heterocycles. The van der Waals surface area contributed by atoms with Crippen LogP contribution in [0.2, 0.25) is 0 Å². The van der Waals surface area contributed by atoms with E-state index in [0.717, 1.165) is 30.0 Å². The molecule has 3 N–H and O–H groups in total. The quantitative estimate of drug-likeness (QED) is 0.844. The second-order valence-corrected chi connectivity index (χ2v) is 4.29. The molecule has 0 spiro atoms. The maximum Gasteiger partial charge on any atom is 0.148 e. The molecule has 0 amide bonds. The van der Waals surface area contributed by atoms with E-state index in [1.165, 1.54) is 0 Å². The first-order valence-electron chi connectivity index (χ1n) is 6.10. The minimum absolute atomic E-state index is 0.0529. The van der Waals surface area contributed by atoms with E-state index in [1.807, 2.05) is 37.3 Å². The molecule has 0 aliphatic heterocycles. The molecular weight excluding hydrogens is 224 g/mol. The van der Waals surface area contributed by atoms with E-state index in [2.05, 4.69) is 27.6 Å². The third-order valence-corrected chi connectivity index (χ3v) is 2.79. The highest BCUT2D eigenvalue weighted by atomic mass is 15.2. The normalized spacial score (nSPS) is 12.1. The lowest BCUT2D eigenvalue weighted by atomic mass is 10.1. The van der Waals surface area contributed by atoms with Crippen LogP contribution in [0.4, 0.5) is 5.82 Å². The number of nitrogens with one attached hydrogen (secondary N) is 1. The van der Waals surface area contributed by atoms with Gasteiger partial charge in [-0.3, -0.25) is 0 Å². The van der Waals surface area contributed by atoms with Crippen LogP contribution >= 0.6 is 0 Å². The lowest BCUT2D eigenvalue weighted by Crippen LogP contribution is -2.15. The van der Waals surface area contributed by atoms with E-state index in [1.54, 1.807) is 0 Å². The van der Waals surface area contributed by atoms with Crippen molar-refractivity contribution in [1.29, 1.82) is 0 Å². The Kier molecular flexibility index (Phi) is 4.25. The zero-order valence-corrected chi connectivity index (χ0v) is 10.5. The number of aryl methyl sites for hydroxylation is 1. The Morgan fingerprint density at radius 3 is 2.56 bits per heavy atom. The Hall–Kier alpha value is -1.94. The average molecular weight is 242 g/mol. The van der Waals surface area contributed by atoms with Crippen molar-refractivity contribution in [2.45, 2.75) is 19.4 Å². The van der Waals surface area contributed by atoms with Gasteiger partial charge in [0.05, 0.1) is 5.69 Å². The SMILES string of the molecule is Cc1ccc(NCCC(N)c2ccccc2)nn1. The van der Waals surface area contributed by atoms with Crippen LogP contribution in [0, 0.1) is 6.92 Å².